The van der Waals surface area contributed by atoms with E-state index in [9.17, 15) is 9.59 Å². The molecule has 27 heavy (non-hydrogen) atoms. The Morgan fingerprint density at radius 3 is 2.33 bits per heavy atom. The molecule has 2 aromatic carbocycles. The van der Waals surface area contributed by atoms with E-state index in [1.54, 1.807) is 11.8 Å². The van der Waals surface area contributed by atoms with E-state index in [0.29, 0.717) is 30.9 Å². The molecule has 0 saturated heterocycles. The van der Waals surface area contributed by atoms with Gasteiger partial charge in [0.2, 0.25) is 5.91 Å². The summed E-state index contributed by atoms with van der Waals surface area (Å²) < 4.78 is 5.69. The monoisotopic (exact) mass is 368 g/mol. The summed E-state index contributed by atoms with van der Waals surface area (Å²) >= 11 is 0. The molecule has 5 heteroatoms. The van der Waals surface area contributed by atoms with Gasteiger partial charge in [0.25, 0.3) is 5.91 Å². The zero-order valence-corrected chi connectivity index (χ0v) is 16.5. The Labute approximate surface area is 161 Å². The van der Waals surface area contributed by atoms with Crippen LogP contribution in [-0.2, 0) is 16.0 Å². The van der Waals surface area contributed by atoms with Gasteiger partial charge in [-0.1, -0.05) is 24.3 Å². The fourth-order valence-electron chi connectivity index (χ4n) is 2.76. The highest BCUT2D eigenvalue weighted by atomic mass is 16.5. The van der Waals surface area contributed by atoms with Crippen LogP contribution >= 0.6 is 0 Å². The predicted octanol–water partition coefficient (Wildman–Crippen LogP) is 3.81. The Balaban J connectivity index is 1.91. The van der Waals surface area contributed by atoms with Crippen LogP contribution in [0.5, 0.6) is 5.75 Å². The third kappa shape index (κ3) is 6.13. The summed E-state index contributed by atoms with van der Waals surface area (Å²) in [6.07, 6.45) is -0.251. The molecule has 0 saturated carbocycles. The van der Waals surface area contributed by atoms with Gasteiger partial charge in [0.1, 0.15) is 5.75 Å². The molecule has 0 aromatic heterocycles. The molecule has 0 radical (unpaired) electrons. The number of anilines is 1. The molecule has 0 bridgehead atoms. The fourth-order valence-corrected chi connectivity index (χ4v) is 2.76. The molecule has 1 unspecified atom stereocenters. The largest absolute Gasteiger partial charge is 0.481 e. The number of carbonyl (C=O) groups excluding carboxylic acids is 2. The molecule has 2 amide bonds. The van der Waals surface area contributed by atoms with E-state index in [1.807, 2.05) is 69.3 Å². The molecule has 2 aromatic rings. The van der Waals surface area contributed by atoms with E-state index in [-0.39, 0.29) is 11.8 Å². The summed E-state index contributed by atoms with van der Waals surface area (Å²) in [5, 5.41) is 2.84. The van der Waals surface area contributed by atoms with Crippen LogP contribution in [0, 0.1) is 6.92 Å². The Kier molecular flexibility index (Phi) is 7.41. The van der Waals surface area contributed by atoms with Crippen molar-refractivity contribution < 1.29 is 14.3 Å². The van der Waals surface area contributed by atoms with E-state index < -0.39 is 6.10 Å². The van der Waals surface area contributed by atoms with Crippen molar-refractivity contribution >= 4 is 17.5 Å². The lowest BCUT2D eigenvalue weighted by atomic mass is 10.1. The number of likely N-dealkylation sites (N-methyl/N-ethyl adjacent to an activating group) is 1. The second-order valence-corrected chi connectivity index (χ2v) is 6.51. The number of hydrogen-bond donors (Lipinski definition) is 1. The standard InChI is InChI=1S/C22H28N2O3/c1-5-24(6-2)21(25)15-18-10-12-19(13-11-18)23-22(26)17(4)27-20-9-7-8-16(3)14-20/h7-14,17H,5-6,15H2,1-4H3,(H,23,26). The number of amides is 2. The normalized spacial score (nSPS) is 11.6. The van der Waals surface area contributed by atoms with E-state index in [0.717, 1.165) is 11.1 Å². The predicted molar refractivity (Wildman–Crippen MR) is 108 cm³/mol. The Morgan fingerprint density at radius 1 is 1.07 bits per heavy atom. The molecular weight excluding hydrogens is 340 g/mol. The minimum Gasteiger partial charge on any atom is -0.481 e. The van der Waals surface area contributed by atoms with E-state index in [1.165, 1.54) is 0 Å². The van der Waals surface area contributed by atoms with Gasteiger partial charge in [-0.2, -0.15) is 0 Å². The average Bonchev–Trinajstić information content (AvgIpc) is 2.64. The van der Waals surface area contributed by atoms with Gasteiger partial charge in [-0.25, -0.2) is 0 Å². The molecule has 0 fully saturated rings. The number of carbonyl (C=O) groups is 2. The van der Waals surface area contributed by atoms with Crippen molar-refractivity contribution in [3.05, 3.63) is 59.7 Å². The van der Waals surface area contributed by atoms with Crippen LogP contribution in [0.3, 0.4) is 0 Å². The highest BCUT2D eigenvalue weighted by molar-refractivity contribution is 5.94. The van der Waals surface area contributed by atoms with Crippen molar-refractivity contribution in [3.8, 4) is 5.75 Å². The minimum atomic E-state index is -0.615. The fraction of sp³-hybridized carbons (Fsp3) is 0.364. The third-order valence-electron chi connectivity index (χ3n) is 4.36. The third-order valence-corrected chi connectivity index (χ3v) is 4.36. The van der Waals surface area contributed by atoms with Crippen molar-refractivity contribution in [2.45, 2.75) is 40.2 Å². The highest BCUT2D eigenvalue weighted by Gasteiger charge is 2.15. The van der Waals surface area contributed by atoms with Crippen LogP contribution in [0.1, 0.15) is 31.9 Å². The Hall–Kier alpha value is -2.82. The minimum absolute atomic E-state index is 0.108. The smallest absolute Gasteiger partial charge is 0.265 e. The van der Waals surface area contributed by atoms with Gasteiger partial charge in [-0.15, -0.1) is 0 Å². The van der Waals surface area contributed by atoms with Crippen molar-refractivity contribution in [2.75, 3.05) is 18.4 Å². The second-order valence-electron chi connectivity index (χ2n) is 6.51. The van der Waals surface area contributed by atoms with Crippen LogP contribution in [-0.4, -0.2) is 35.9 Å². The van der Waals surface area contributed by atoms with Gasteiger partial charge < -0.3 is 15.0 Å². The molecule has 0 aliphatic rings. The summed E-state index contributed by atoms with van der Waals surface area (Å²) in [6.45, 7) is 9.06. The van der Waals surface area contributed by atoms with Gasteiger partial charge >= 0.3 is 0 Å². The molecule has 5 nitrogen and oxygen atoms in total. The SMILES string of the molecule is CCN(CC)C(=O)Cc1ccc(NC(=O)C(C)Oc2cccc(C)c2)cc1. The molecule has 0 spiro atoms. The Morgan fingerprint density at radius 2 is 1.74 bits per heavy atom. The maximum Gasteiger partial charge on any atom is 0.265 e. The van der Waals surface area contributed by atoms with Crippen LogP contribution in [0.4, 0.5) is 5.69 Å². The van der Waals surface area contributed by atoms with Crippen molar-refractivity contribution in [1.29, 1.82) is 0 Å². The lowest BCUT2D eigenvalue weighted by molar-refractivity contribution is -0.130. The van der Waals surface area contributed by atoms with Gasteiger partial charge in [0.15, 0.2) is 6.10 Å². The van der Waals surface area contributed by atoms with E-state index in [4.69, 9.17) is 4.74 Å². The molecule has 2 rings (SSSR count). The van der Waals surface area contributed by atoms with Crippen LogP contribution < -0.4 is 10.1 Å². The van der Waals surface area contributed by atoms with Crippen LogP contribution in [0.15, 0.2) is 48.5 Å². The van der Waals surface area contributed by atoms with Gasteiger partial charge in [0, 0.05) is 18.8 Å². The first-order chi connectivity index (χ1) is 12.9. The first-order valence-electron chi connectivity index (χ1n) is 9.33. The van der Waals surface area contributed by atoms with Crippen LogP contribution in [0.2, 0.25) is 0 Å². The average molecular weight is 368 g/mol. The Bertz CT molecular complexity index is 767. The molecule has 1 atom stereocenters. The van der Waals surface area contributed by atoms with Crippen molar-refractivity contribution in [1.82, 2.24) is 4.90 Å². The first kappa shape index (κ1) is 20.5. The van der Waals surface area contributed by atoms with Gasteiger partial charge in [-0.05, 0) is 63.1 Å². The number of hydrogen-bond acceptors (Lipinski definition) is 3. The molecule has 1 N–H and O–H groups in total. The number of ether oxygens (including phenoxy) is 1. The number of rotatable bonds is 8. The maximum absolute atomic E-state index is 12.3. The van der Waals surface area contributed by atoms with Crippen molar-refractivity contribution in [2.24, 2.45) is 0 Å². The zero-order chi connectivity index (χ0) is 19.8. The number of nitrogens with one attached hydrogen (secondary N) is 1. The first-order valence-corrected chi connectivity index (χ1v) is 9.33. The molecule has 144 valence electrons. The summed E-state index contributed by atoms with van der Waals surface area (Å²) in [6, 6.07) is 14.9. The topological polar surface area (TPSA) is 58.6 Å². The lowest BCUT2D eigenvalue weighted by Crippen LogP contribution is -2.31. The van der Waals surface area contributed by atoms with E-state index in [2.05, 4.69) is 5.32 Å². The molecule has 0 aliphatic carbocycles. The summed E-state index contributed by atoms with van der Waals surface area (Å²) in [5.74, 6) is 0.559. The van der Waals surface area contributed by atoms with Crippen LogP contribution in [0.25, 0.3) is 0 Å². The number of aryl methyl sites for hydroxylation is 1. The maximum atomic E-state index is 12.3. The molecule has 0 heterocycles. The van der Waals surface area contributed by atoms with E-state index >= 15 is 0 Å². The lowest BCUT2D eigenvalue weighted by Gasteiger charge is -2.18. The summed E-state index contributed by atoms with van der Waals surface area (Å²) in [7, 11) is 0. The molecular formula is C22H28N2O3. The highest BCUT2D eigenvalue weighted by Crippen LogP contribution is 2.16. The quantitative estimate of drug-likeness (QED) is 0.771. The summed E-state index contributed by atoms with van der Waals surface area (Å²) in [5.41, 5.74) is 2.68. The molecule has 0 aliphatic heterocycles. The number of benzene rings is 2. The second kappa shape index (κ2) is 9.76. The number of nitrogens with zero attached hydrogens (tertiary/aromatic N) is 1. The zero-order valence-electron chi connectivity index (χ0n) is 16.5. The summed E-state index contributed by atoms with van der Waals surface area (Å²) in [4.78, 5) is 26.3. The van der Waals surface area contributed by atoms with Gasteiger partial charge in [-0.3, -0.25) is 9.59 Å². The van der Waals surface area contributed by atoms with Gasteiger partial charge in [0.05, 0.1) is 6.42 Å². The van der Waals surface area contributed by atoms with Crippen molar-refractivity contribution in [3.63, 3.8) is 0 Å².